The summed E-state index contributed by atoms with van der Waals surface area (Å²) < 4.78 is 31.7. The van der Waals surface area contributed by atoms with Gasteiger partial charge in [0.1, 0.15) is 17.7 Å². The fourth-order valence-electron chi connectivity index (χ4n) is 5.70. The molecule has 4 heterocycles. The number of rotatable bonds is 6. The fourth-order valence-corrected chi connectivity index (χ4v) is 5.70. The first kappa shape index (κ1) is 26.8. The highest BCUT2D eigenvalue weighted by Gasteiger charge is 2.35. The van der Waals surface area contributed by atoms with Crippen LogP contribution < -0.4 is 20.9 Å². The highest BCUT2D eigenvalue weighted by molar-refractivity contribution is 6.01. The van der Waals surface area contributed by atoms with E-state index in [0.29, 0.717) is 36.6 Å². The Balaban J connectivity index is 1.46. The fraction of sp³-hybridized carbons (Fsp3) is 0.571. The van der Waals surface area contributed by atoms with Gasteiger partial charge in [-0.3, -0.25) is 4.79 Å². The first-order valence-electron chi connectivity index (χ1n) is 13.5. The molecule has 0 spiro atoms. The Labute approximate surface area is 223 Å². The average Bonchev–Trinajstić information content (AvgIpc) is 3.08. The Kier molecular flexibility index (Phi) is 8.13. The van der Waals surface area contributed by atoms with Crippen LogP contribution in [0.2, 0.25) is 0 Å². The molecule has 9 nitrogen and oxygen atoms in total. The predicted octanol–water partition coefficient (Wildman–Crippen LogP) is 3.73. The molecule has 38 heavy (non-hydrogen) atoms. The zero-order chi connectivity index (χ0) is 26.8. The summed E-state index contributed by atoms with van der Waals surface area (Å²) in [6.07, 6.45) is 3.88. The van der Waals surface area contributed by atoms with E-state index < -0.39 is 11.9 Å². The van der Waals surface area contributed by atoms with Crippen molar-refractivity contribution in [2.45, 2.75) is 76.5 Å². The molecule has 1 amide bonds. The van der Waals surface area contributed by atoms with Crippen LogP contribution in [-0.4, -0.2) is 68.2 Å². The number of nitrogens with two attached hydrogens (primary N) is 1. The largest absolute Gasteiger partial charge is 0.381 e. The lowest BCUT2D eigenvalue weighted by Crippen LogP contribution is -2.49. The first-order chi connectivity index (χ1) is 18.4. The van der Waals surface area contributed by atoms with E-state index in [0.717, 1.165) is 37.2 Å². The number of hydrogen-bond acceptors (Lipinski definition) is 8. The minimum Gasteiger partial charge on any atom is -0.381 e. The van der Waals surface area contributed by atoms with E-state index >= 15 is 0 Å². The molecule has 5 rings (SSSR count). The lowest BCUT2D eigenvalue weighted by Gasteiger charge is -2.40. The van der Waals surface area contributed by atoms with Gasteiger partial charge in [-0.2, -0.15) is 0 Å². The van der Waals surface area contributed by atoms with Gasteiger partial charge >= 0.3 is 0 Å². The Morgan fingerprint density at radius 1 is 1.26 bits per heavy atom. The number of hydrogen-bond donors (Lipinski definition) is 2. The van der Waals surface area contributed by atoms with E-state index in [9.17, 15) is 9.18 Å². The number of nitrogens with one attached hydrogen (secondary N) is 1. The molecule has 1 aromatic carbocycles. The van der Waals surface area contributed by atoms with Gasteiger partial charge in [0.2, 0.25) is 0 Å². The van der Waals surface area contributed by atoms with Crippen LogP contribution in [0.5, 0.6) is 0 Å². The molecule has 10 heteroatoms. The Bertz CT molecular complexity index is 1140. The Morgan fingerprint density at radius 3 is 2.82 bits per heavy atom. The van der Waals surface area contributed by atoms with Gasteiger partial charge in [-0.25, -0.2) is 9.37 Å². The number of nitrogens with zero attached hydrogens (tertiary/aromatic N) is 3. The van der Waals surface area contributed by atoms with Crippen molar-refractivity contribution in [2.75, 3.05) is 41.9 Å². The second-order valence-electron chi connectivity index (χ2n) is 10.6. The number of halogens is 1. The Hall–Kier alpha value is -2.79. The third-order valence-electron chi connectivity index (χ3n) is 7.63. The van der Waals surface area contributed by atoms with Gasteiger partial charge in [0.05, 0.1) is 49.0 Å². The second kappa shape index (κ2) is 11.5. The lowest BCUT2D eigenvalue weighted by molar-refractivity contribution is -0.143. The third-order valence-corrected chi connectivity index (χ3v) is 7.63. The van der Waals surface area contributed by atoms with Crippen LogP contribution in [0.1, 0.15) is 45.1 Å². The lowest BCUT2D eigenvalue weighted by atomic mass is 9.98. The molecular formula is C28H38FN5O4. The number of ether oxygens (including phenoxy) is 3. The number of fused-ring (bicyclic) bond motifs is 2. The maximum Gasteiger partial charge on any atom is 0.256 e. The average molecular weight is 528 g/mol. The summed E-state index contributed by atoms with van der Waals surface area (Å²) in [4.78, 5) is 22.2. The molecule has 3 aliphatic heterocycles. The monoisotopic (exact) mass is 527 g/mol. The van der Waals surface area contributed by atoms with E-state index in [-0.39, 0.29) is 36.8 Å². The van der Waals surface area contributed by atoms with Crippen molar-refractivity contribution >= 4 is 28.8 Å². The Morgan fingerprint density at radius 2 is 2.11 bits per heavy atom. The molecule has 2 saturated heterocycles. The van der Waals surface area contributed by atoms with E-state index in [1.165, 1.54) is 12.3 Å². The standard InChI is InChI=1S/C28H38FN5O4/c1-17(2)38-23-5-7-26(37-16-23)28(35)34-15-18-10-19(29)14-31-27(18)32-24-6-4-20(12-25(24)34)33-9-8-22(36-3)11-21(33)13-30/h4,6,10,12,14,17,21-23,26H,5,7-9,11,13,15-16,30H2,1-3H3,(H,31,32)/t21-,22+,23-,26+/m0/s1. The summed E-state index contributed by atoms with van der Waals surface area (Å²) in [5, 5.41) is 3.32. The molecular weight excluding hydrogens is 489 g/mol. The van der Waals surface area contributed by atoms with Gasteiger partial charge in [0.15, 0.2) is 0 Å². The number of carbonyl (C=O) groups is 1. The summed E-state index contributed by atoms with van der Waals surface area (Å²) in [6, 6.07) is 7.56. The molecule has 206 valence electrons. The van der Waals surface area contributed by atoms with Crippen molar-refractivity contribution in [3.05, 3.63) is 41.8 Å². The summed E-state index contributed by atoms with van der Waals surface area (Å²) in [6.45, 7) is 5.84. The number of amides is 1. The maximum absolute atomic E-state index is 14.2. The van der Waals surface area contributed by atoms with Crippen molar-refractivity contribution < 1.29 is 23.4 Å². The number of methoxy groups -OCH3 is 1. The minimum atomic E-state index is -0.601. The molecule has 2 fully saturated rings. The van der Waals surface area contributed by atoms with E-state index in [1.54, 1.807) is 12.0 Å². The molecule has 0 saturated carbocycles. The second-order valence-corrected chi connectivity index (χ2v) is 10.6. The van der Waals surface area contributed by atoms with Crippen LogP contribution >= 0.6 is 0 Å². The third kappa shape index (κ3) is 5.63. The number of benzene rings is 1. The molecule has 3 N–H and O–H groups in total. The minimum absolute atomic E-state index is 0.0222. The molecule has 2 aromatic rings. The van der Waals surface area contributed by atoms with Crippen LogP contribution in [0, 0.1) is 5.82 Å². The molecule has 0 bridgehead atoms. The number of aromatic nitrogens is 1. The molecule has 4 atom stereocenters. The van der Waals surface area contributed by atoms with Gasteiger partial charge in [-0.05, 0) is 63.8 Å². The number of pyridine rings is 1. The highest BCUT2D eigenvalue weighted by Crippen LogP contribution is 2.40. The number of anilines is 4. The van der Waals surface area contributed by atoms with Crippen LogP contribution in [-0.2, 0) is 25.5 Å². The predicted molar refractivity (Wildman–Crippen MR) is 144 cm³/mol. The van der Waals surface area contributed by atoms with Gasteiger partial charge in [-0.1, -0.05) is 0 Å². The van der Waals surface area contributed by atoms with Crippen molar-refractivity contribution in [1.82, 2.24) is 4.98 Å². The molecule has 0 radical (unpaired) electrons. The van der Waals surface area contributed by atoms with Crippen molar-refractivity contribution in [1.29, 1.82) is 0 Å². The molecule has 0 aliphatic carbocycles. The summed E-state index contributed by atoms with van der Waals surface area (Å²) in [7, 11) is 1.74. The first-order valence-corrected chi connectivity index (χ1v) is 13.5. The van der Waals surface area contributed by atoms with Crippen molar-refractivity contribution in [3.63, 3.8) is 0 Å². The van der Waals surface area contributed by atoms with E-state index in [2.05, 4.69) is 15.2 Å². The van der Waals surface area contributed by atoms with Crippen molar-refractivity contribution in [2.24, 2.45) is 5.73 Å². The van der Waals surface area contributed by atoms with Crippen LogP contribution in [0.15, 0.2) is 30.5 Å². The topological polar surface area (TPSA) is 102 Å². The van der Waals surface area contributed by atoms with Crippen LogP contribution in [0.25, 0.3) is 0 Å². The van der Waals surface area contributed by atoms with Crippen molar-refractivity contribution in [3.8, 4) is 0 Å². The number of piperidine rings is 1. The zero-order valence-corrected chi connectivity index (χ0v) is 22.4. The normalized spacial score (nSPS) is 25.4. The summed E-state index contributed by atoms with van der Waals surface area (Å²) >= 11 is 0. The van der Waals surface area contributed by atoms with E-state index in [4.69, 9.17) is 19.9 Å². The van der Waals surface area contributed by atoms with Gasteiger partial charge in [0.25, 0.3) is 5.91 Å². The number of carbonyl (C=O) groups excluding carboxylic acids is 1. The van der Waals surface area contributed by atoms with Gasteiger partial charge in [-0.15, -0.1) is 0 Å². The SMILES string of the molecule is CO[C@@H]1CCN(c2ccc3c(c2)N(C(=O)[C@H]2CC[C@H](OC(C)C)CO2)Cc2cc(F)cnc2N3)[C@H](CN)C1. The van der Waals surface area contributed by atoms with Gasteiger partial charge in [0, 0.05) is 37.5 Å². The van der Waals surface area contributed by atoms with Crippen LogP contribution in [0.3, 0.4) is 0 Å². The van der Waals surface area contributed by atoms with E-state index in [1.807, 2.05) is 32.0 Å². The smallest absolute Gasteiger partial charge is 0.256 e. The molecule has 1 aromatic heterocycles. The molecule has 0 unspecified atom stereocenters. The maximum atomic E-state index is 14.2. The van der Waals surface area contributed by atoms with Gasteiger partial charge < -0.3 is 35.1 Å². The summed E-state index contributed by atoms with van der Waals surface area (Å²) in [5.41, 5.74) is 9.17. The zero-order valence-electron chi connectivity index (χ0n) is 22.4. The molecule has 3 aliphatic rings. The highest BCUT2D eigenvalue weighted by atomic mass is 19.1. The summed E-state index contributed by atoms with van der Waals surface area (Å²) in [5.74, 6) is -0.0656. The quantitative estimate of drug-likeness (QED) is 0.586. The van der Waals surface area contributed by atoms with Crippen LogP contribution in [0.4, 0.5) is 27.3 Å².